The van der Waals surface area contributed by atoms with E-state index in [1.54, 1.807) is 24.3 Å². The molecule has 9 heteroatoms. The number of aryl methyl sites for hydroxylation is 2. The number of halogens is 1. The number of carbonyl (C=O) groups excluding carboxylic acids is 3. The van der Waals surface area contributed by atoms with Gasteiger partial charge in [-0.25, -0.2) is 14.4 Å². The van der Waals surface area contributed by atoms with Crippen LogP contribution in [0.25, 0.3) is 0 Å². The van der Waals surface area contributed by atoms with Gasteiger partial charge in [-0.2, -0.15) is 0 Å². The Hall–Kier alpha value is -4.17. The summed E-state index contributed by atoms with van der Waals surface area (Å²) in [6.07, 6.45) is -4.11. The van der Waals surface area contributed by atoms with E-state index in [2.05, 4.69) is 5.32 Å². The standard InChI is InChI=1S/C26H22ClNO7/c1-15-3-7-17(8-4-15)25(32)34-21(23(29)28-20-13-11-19(27)12-14-20)22(24(30)31)35-26(33)18-9-5-16(2)6-10-18/h3-14,21-22H,1-2H3,(H,28,29)(H,30,31). The summed E-state index contributed by atoms with van der Waals surface area (Å²) in [5, 5.41) is 12.7. The van der Waals surface area contributed by atoms with E-state index in [1.165, 1.54) is 48.5 Å². The summed E-state index contributed by atoms with van der Waals surface area (Å²) >= 11 is 5.86. The van der Waals surface area contributed by atoms with Crippen LogP contribution < -0.4 is 5.32 Å². The summed E-state index contributed by atoms with van der Waals surface area (Å²) in [4.78, 5) is 50.5. The zero-order valence-electron chi connectivity index (χ0n) is 18.9. The van der Waals surface area contributed by atoms with Crippen LogP contribution in [0.3, 0.4) is 0 Å². The lowest BCUT2D eigenvalue weighted by Crippen LogP contribution is -2.48. The molecule has 8 nitrogen and oxygen atoms in total. The Morgan fingerprint density at radius 2 is 1.14 bits per heavy atom. The Balaban J connectivity index is 1.90. The molecule has 3 aromatic carbocycles. The number of carboxylic acid groups (broad SMARTS) is 1. The normalized spacial score (nSPS) is 12.2. The number of esters is 2. The lowest BCUT2D eigenvalue weighted by molar-refractivity contribution is -0.157. The van der Waals surface area contributed by atoms with Crippen LogP contribution in [0.1, 0.15) is 31.8 Å². The Morgan fingerprint density at radius 3 is 1.57 bits per heavy atom. The first-order valence-corrected chi connectivity index (χ1v) is 10.9. The van der Waals surface area contributed by atoms with E-state index in [4.69, 9.17) is 21.1 Å². The highest BCUT2D eigenvalue weighted by Gasteiger charge is 2.41. The van der Waals surface area contributed by atoms with Gasteiger partial charge in [-0.3, -0.25) is 4.79 Å². The Bertz CT molecular complexity index is 1220. The quantitative estimate of drug-likeness (QED) is 0.443. The van der Waals surface area contributed by atoms with Crippen LogP contribution in [0.2, 0.25) is 5.02 Å². The summed E-state index contributed by atoms with van der Waals surface area (Å²) in [5.74, 6) is -4.62. The van der Waals surface area contributed by atoms with E-state index >= 15 is 0 Å². The summed E-state index contributed by atoms with van der Waals surface area (Å²) < 4.78 is 10.4. The van der Waals surface area contributed by atoms with Gasteiger partial charge in [-0.05, 0) is 62.4 Å². The second-order valence-electron chi connectivity index (χ2n) is 7.72. The average Bonchev–Trinajstić information content (AvgIpc) is 2.83. The van der Waals surface area contributed by atoms with E-state index in [9.17, 15) is 24.3 Å². The molecule has 180 valence electrons. The Kier molecular flexibility index (Phi) is 8.22. The molecule has 0 radical (unpaired) electrons. The number of hydrogen-bond donors (Lipinski definition) is 2. The van der Waals surface area contributed by atoms with Gasteiger partial charge in [0, 0.05) is 10.7 Å². The SMILES string of the molecule is Cc1ccc(C(=O)OC(C(=O)O)C(OC(=O)c2ccc(C)cc2)C(=O)Nc2ccc(Cl)cc2)cc1. The van der Waals surface area contributed by atoms with Gasteiger partial charge in [0.05, 0.1) is 11.1 Å². The van der Waals surface area contributed by atoms with E-state index in [0.717, 1.165) is 11.1 Å². The Morgan fingerprint density at radius 1 is 0.714 bits per heavy atom. The van der Waals surface area contributed by atoms with Crippen molar-refractivity contribution in [3.8, 4) is 0 Å². The topological polar surface area (TPSA) is 119 Å². The minimum atomic E-state index is -2.12. The molecule has 0 fully saturated rings. The van der Waals surface area contributed by atoms with Crippen LogP contribution >= 0.6 is 11.6 Å². The lowest BCUT2D eigenvalue weighted by Gasteiger charge is -2.23. The van der Waals surface area contributed by atoms with Crippen molar-refractivity contribution in [2.45, 2.75) is 26.1 Å². The predicted octanol–water partition coefficient (Wildman–Crippen LogP) is 4.43. The summed E-state index contributed by atoms with van der Waals surface area (Å²) in [6, 6.07) is 18.4. The molecule has 1 amide bonds. The van der Waals surface area contributed by atoms with Crippen molar-refractivity contribution in [1.82, 2.24) is 0 Å². The van der Waals surface area contributed by atoms with Crippen molar-refractivity contribution in [2.24, 2.45) is 0 Å². The second-order valence-corrected chi connectivity index (χ2v) is 8.15. The molecule has 0 saturated heterocycles. The third-order valence-corrected chi connectivity index (χ3v) is 5.18. The molecule has 35 heavy (non-hydrogen) atoms. The number of ether oxygens (including phenoxy) is 2. The zero-order valence-corrected chi connectivity index (χ0v) is 19.6. The fraction of sp³-hybridized carbons (Fsp3) is 0.154. The summed E-state index contributed by atoms with van der Waals surface area (Å²) in [7, 11) is 0. The third kappa shape index (κ3) is 6.91. The van der Waals surface area contributed by atoms with Gasteiger partial charge < -0.3 is 19.9 Å². The average molecular weight is 496 g/mol. The first-order valence-electron chi connectivity index (χ1n) is 10.5. The first-order chi connectivity index (χ1) is 16.6. The van der Waals surface area contributed by atoms with Crippen molar-refractivity contribution in [3.63, 3.8) is 0 Å². The van der Waals surface area contributed by atoms with Crippen molar-refractivity contribution in [3.05, 3.63) is 100 Å². The van der Waals surface area contributed by atoms with Gasteiger partial charge in [0.25, 0.3) is 5.91 Å². The molecular weight excluding hydrogens is 474 g/mol. The molecule has 0 spiro atoms. The first kappa shape index (κ1) is 25.5. The van der Waals surface area contributed by atoms with Gasteiger partial charge in [-0.1, -0.05) is 47.0 Å². The number of amides is 1. The zero-order chi connectivity index (χ0) is 25.5. The van der Waals surface area contributed by atoms with E-state index in [-0.39, 0.29) is 16.8 Å². The van der Waals surface area contributed by atoms with Crippen molar-refractivity contribution in [2.75, 3.05) is 5.32 Å². The molecule has 0 heterocycles. The fourth-order valence-electron chi connectivity index (χ4n) is 2.99. The van der Waals surface area contributed by atoms with Crippen LogP contribution in [-0.2, 0) is 19.1 Å². The van der Waals surface area contributed by atoms with Gasteiger partial charge in [0.1, 0.15) is 0 Å². The minimum Gasteiger partial charge on any atom is -0.478 e. The van der Waals surface area contributed by atoms with Gasteiger partial charge in [-0.15, -0.1) is 0 Å². The monoisotopic (exact) mass is 495 g/mol. The van der Waals surface area contributed by atoms with E-state index in [0.29, 0.717) is 5.02 Å². The number of carboxylic acids is 1. The van der Waals surface area contributed by atoms with E-state index in [1.807, 2.05) is 13.8 Å². The molecule has 2 unspecified atom stereocenters. The number of nitrogens with one attached hydrogen (secondary N) is 1. The molecule has 0 saturated carbocycles. The second kappa shape index (κ2) is 11.3. The highest BCUT2D eigenvalue weighted by atomic mass is 35.5. The van der Waals surface area contributed by atoms with Gasteiger partial charge in [0.2, 0.25) is 12.2 Å². The molecule has 0 aromatic heterocycles. The maximum Gasteiger partial charge on any atom is 0.349 e. The molecule has 2 N–H and O–H groups in total. The summed E-state index contributed by atoms with van der Waals surface area (Å²) in [5.41, 5.74) is 2.19. The van der Waals surface area contributed by atoms with Crippen LogP contribution in [0.15, 0.2) is 72.8 Å². The van der Waals surface area contributed by atoms with Crippen LogP contribution in [0.4, 0.5) is 5.69 Å². The lowest BCUT2D eigenvalue weighted by atomic mass is 10.1. The molecule has 3 rings (SSSR count). The molecule has 0 bridgehead atoms. The van der Waals surface area contributed by atoms with Crippen molar-refractivity contribution < 1.29 is 33.8 Å². The molecule has 0 aliphatic rings. The number of rotatable bonds is 8. The number of carbonyl (C=O) groups is 4. The maximum atomic E-state index is 13.1. The number of benzene rings is 3. The van der Waals surface area contributed by atoms with Crippen molar-refractivity contribution >= 4 is 41.1 Å². The predicted molar refractivity (Wildman–Crippen MR) is 128 cm³/mol. The minimum absolute atomic E-state index is 0.0728. The van der Waals surface area contributed by atoms with E-state index < -0.39 is 36.0 Å². The highest BCUT2D eigenvalue weighted by Crippen LogP contribution is 2.18. The molecule has 0 aliphatic heterocycles. The number of hydrogen-bond acceptors (Lipinski definition) is 6. The molecule has 3 aromatic rings. The fourth-order valence-corrected chi connectivity index (χ4v) is 3.11. The Labute approximate surface area is 206 Å². The molecular formula is C26H22ClNO7. The van der Waals surface area contributed by atoms with Crippen LogP contribution in [-0.4, -0.2) is 41.1 Å². The van der Waals surface area contributed by atoms with Crippen LogP contribution in [0, 0.1) is 13.8 Å². The smallest absolute Gasteiger partial charge is 0.349 e. The van der Waals surface area contributed by atoms with Crippen molar-refractivity contribution in [1.29, 1.82) is 0 Å². The van der Waals surface area contributed by atoms with Crippen LogP contribution in [0.5, 0.6) is 0 Å². The number of anilines is 1. The molecule has 0 aliphatic carbocycles. The van der Waals surface area contributed by atoms with Gasteiger partial charge >= 0.3 is 17.9 Å². The third-order valence-electron chi connectivity index (χ3n) is 4.93. The highest BCUT2D eigenvalue weighted by molar-refractivity contribution is 6.30. The largest absolute Gasteiger partial charge is 0.478 e. The molecule has 2 atom stereocenters. The van der Waals surface area contributed by atoms with Gasteiger partial charge in [0.15, 0.2) is 0 Å². The maximum absolute atomic E-state index is 13.1. The summed E-state index contributed by atoms with van der Waals surface area (Å²) in [6.45, 7) is 3.64. The number of aliphatic carboxylic acids is 1.